The Bertz CT molecular complexity index is 794. The molecule has 0 aliphatic rings. The van der Waals surface area contributed by atoms with Crippen LogP contribution >= 0.6 is 22.7 Å². The fourth-order valence-corrected chi connectivity index (χ4v) is 3.59. The molecule has 2 aromatic heterocycles. The van der Waals surface area contributed by atoms with Crippen LogP contribution in [0, 0.1) is 0 Å². The Morgan fingerprint density at radius 2 is 2.00 bits per heavy atom. The van der Waals surface area contributed by atoms with E-state index >= 15 is 0 Å². The van der Waals surface area contributed by atoms with Gasteiger partial charge in [-0.25, -0.2) is 8.42 Å². The van der Waals surface area contributed by atoms with E-state index in [0.717, 1.165) is 15.4 Å². The molecule has 6 nitrogen and oxygen atoms in total. The second-order valence-electron chi connectivity index (χ2n) is 4.90. The zero-order valence-corrected chi connectivity index (χ0v) is 15.1. The number of nitrogens with one attached hydrogen (secondary N) is 1. The second kappa shape index (κ2) is 7.35. The first-order valence-corrected chi connectivity index (χ1v) is 10.2. The van der Waals surface area contributed by atoms with Crippen molar-refractivity contribution in [3.8, 4) is 0 Å². The third kappa shape index (κ3) is 4.96. The van der Waals surface area contributed by atoms with E-state index in [2.05, 4.69) is 5.32 Å². The molecular formula is C14H16N2O4S3. The van der Waals surface area contributed by atoms with Crippen molar-refractivity contribution in [1.82, 2.24) is 9.62 Å². The molecule has 0 aliphatic heterocycles. The summed E-state index contributed by atoms with van der Waals surface area (Å²) in [7, 11) is -2.04. The highest BCUT2D eigenvalue weighted by Gasteiger charge is 2.16. The van der Waals surface area contributed by atoms with Crippen molar-refractivity contribution in [1.29, 1.82) is 0 Å². The maximum absolute atomic E-state index is 12.2. The van der Waals surface area contributed by atoms with Crippen LogP contribution in [0.3, 0.4) is 0 Å². The van der Waals surface area contributed by atoms with Crippen molar-refractivity contribution >= 4 is 44.4 Å². The molecule has 0 radical (unpaired) electrons. The van der Waals surface area contributed by atoms with Gasteiger partial charge in [0.1, 0.15) is 0 Å². The Kier molecular flexibility index (Phi) is 5.69. The van der Waals surface area contributed by atoms with Gasteiger partial charge < -0.3 is 5.32 Å². The molecule has 0 bridgehead atoms. The lowest BCUT2D eigenvalue weighted by molar-refractivity contribution is -0.121. The van der Waals surface area contributed by atoms with Crippen LogP contribution < -0.4 is 5.32 Å². The minimum atomic E-state index is -3.38. The molecule has 2 rings (SSSR count). The summed E-state index contributed by atoms with van der Waals surface area (Å²) in [5, 5.41) is 6.29. The predicted molar refractivity (Wildman–Crippen MR) is 91.4 cm³/mol. The Morgan fingerprint density at radius 3 is 2.61 bits per heavy atom. The highest BCUT2D eigenvalue weighted by molar-refractivity contribution is 7.88. The summed E-state index contributed by atoms with van der Waals surface area (Å²) < 4.78 is 23.5. The van der Waals surface area contributed by atoms with Crippen LogP contribution in [-0.4, -0.2) is 44.3 Å². The molecule has 0 fully saturated rings. The SMILES string of the molecule is CN(CC(=O)NCc1ccc(C(=O)c2ccsc2)s1)S(C)(=O)=O. The molecule has 0 spiro atoms. The fourth-order valence-electron chi connectivity index (χ4n) is 1.69. The number of thiophene rings is 2. The second-order valence-corrected chi connectivity index (χ2v) is 8.94. The maximum atomic E-state index is 12.2. The first-order valence-electron chi connectivity index (χ1n) is 6.61. The van der Waals surface area contributed by atoms with Gasteiger partial charge in [-0.15, -0.1) is 11.3 Å². The van der Waals surface area contributed by atoms with Crippen LogP contribution in [0.15, 0.2) is 29.0 Å². The van der Waals surface area contributed by atoms with Crippen molar-refractivity contribution in [3.05, 3.63) is 44.3 Å². The summed E-state index contributed by atoms with van der Waals surface area (Å²) in [5.41, 5.74) is 0.655. The molecule has 0 saturated heterocycles. The van der Waals surface area contributed by atoms with Crippen LogP contribution in [0.1, 0.15) is 20.1 Å². The first kappa shape index (κ1) is 17.8. The lowest BCUT2D eigenvalue weighted by atomic mass is 10.2. The van der Waals surface area contributed by atoms with Gasteiger partial charge in [0.25, 0.3) is 0 Å². The van der Waals surface area contributed by atoms with Gasteiger partial charge in [0.2, 0.25) is 21.7 Å². The molecule has 0 saturated carbocycles. The molecule has 0 unspecified atom stereocenters. The Labute approximate surface area is 142 Å². The van der Waals surface area contributed by atoms with Crippen LogP contribution in [0.5, 0.6) is 0 Å². The summed E-state index contributed by atoms with van der Waals surface area (Å²) in [6.45, 7) is 0.0307. The smallest absolute Gasteiger partial charge is 0.235 e. The van der Waals surface area contributed by atoms with Gasteiger partial charge >= 0.3 is 0 Å². The number of ketones is 1. The van der Waals surface area contributed by atoms with Crippen molar-refractivity contribution in [2.24, 2.45) is 0 Å². The van der Waals surface area contributed by atoms with Crippen molar-refractivity contribution in [3.63, 3.8) is 0 Å². The quantitative estimate of drug-likeness (QED) is 0.748. The summed E-state index contributed by atoms with van der Waals surface area (Å²) in [5.74, 6) is -0.428. The molecule has 1 N–H and O–H groups in total. The van der Waals surface area contributed by atoms with Gasteiger partial charge in [0.15, 0.2) is 0 Å². The molecule has 1 amide bonds. The molecule has 0 atom stereocenters. The van der Waals surface area contributed by atoms with Crippen molar-refractivity contribution < 1.29 is 18.0 Å². The fraction of sp³-hybridized carbons (Fsp3) is 0.286. The molecule has 2 heterocycles. The average molecular weight is 372 g/mol. The van der Waals surface area contributed by atoms with E-state index in [1.54, 1.807) is 23.6 Å². The first-order chi connectivity index (χ1) is 10.8. The molecule has 23 heavy (non-hydrogen) atoms. The number of carbonyl (C=O) groups excluding carboxylic acids is 2. The molecule has 2 aromatic rings. The van der Waals surface area contributed by atoms with Crippen molar-refractivity contribution in [2.75, 3.05) is 19.8 Å². The van der Waals surface area contributed by atoms with E-state index in [1.807, 2.05) is 5.38 Å². The number of rotatable bonds is 7. The van der Waals surface area contributed by atoms with E-state index in [1.165, 1.54) is 29.7 Å². The number of nitrogens with zero attached hydrogens (tertiary/aromatic N) is 1. The molecule has 9 heteroatoms. The number of amides is 1. The van der Waals surface area contributed by atoms with Gasteiger partial charge in [-0.1, -0.05) is 0 Å². The predicted octanol–water partition coefficient (Wildman–Crippen LogP) is 1.55. The molecule has 124 valence electrons. The summed E-state index contributed by atoms with van der Waals surface area (Å²) >= 11 is 2.78. The highest BCUT2D eigenvalue weighted by Crippen LogP contribution is 2.21. The van der Waals surface area contributed by atoms with Crippen LogP contribution in [0.2, 0.25) is 0 Å². The van der Waals surface area contributed by atoms with Gasteiger partial charge in [-0.3, -0.25) is 9.59 Å². The number of sulfonamides is 1. The third-order valence-electron chi connectivity index (χ3n) is 3.06. The maximum Gasteiger partial charge on any atom is 0.235 e. The van der Waals surface area contributed by atoms with E-state index in [0.29, 0.717) is 10.4 Å². The van der Waals surface area contributed by atoms with E-state index in [4.69, 9.17) is 0 Å². The van der Waals surface area contributed by atoms with Gasteiger partial charge in [-0.2, -0.15) is 15.6 Å². The average Bonchev–Trinajstić information content (AvgIpc) is 3.15. The lowest BCUT2D eigenvalue weighted by Crippen LogP contribution is -2.37. The third-order valence-corrected chi connectivity index (χ3v) is 6.09. The zero-order valence-electron chi connectivity index (χ0n) is 12.6. The number of hydrogen-bond donors (Lipinski definition) is 1. The minimum Gasteiger partial charge on any atom is -0.350 e. The van der Waals surface area contributed by atoms with Crippen LogP contribution in [0.4, 0.5) is 0 Å². The Balaban J connectivity index is 1.90. The molecular weight excluding hydrogens is 356 g/mol. The van der Waals surface area contributed by atoms with Gasteiger partial charge in [0.05, 0.1) is 24.2 Å². The zero-order chi connectivity index (χ0) is 17.0. The number of hydrogen-bond acceptors (Lipinski definition) is 6. The molecule has 0 aromatic carbocycles. The Morgan fingerprint density at radius 1 is 1.26 bits per heavy atom. The van der Waals surface area contributed by atoms with E-state index in [9.17, 15) is 18.0 Å². The monoisotopic (exact) mass is 372 g/mol. The molecule has 0 aliphatic carbocycles. The Hall–Kier alpha value is -1.55. The standard InChI is InChI=1S/C14H16N2O4S3/c1-16(23(2,19)20)8-13(17)15-7-11-3-4-12(22-11)14(18)10-5-6-21-9-10/h3-6,9H,7-8H2,1-2H3,(H,15,17). The van der Waals surface area contributed by atoms with Gasteiger partial charge in [0, 0.05) is 22.9 Å². The topological polar surface area (TPSA) is 83.6 Å². The normalized spacial score (nSPS) is 11.6. The number of carbonyl (C=O) groups is 2. The summed E-state index contributed by atoms with van der Waals surface area (Å²) in [4.78, 5) is 25.3. The van der Waals surface area contributed by atoms with Gasteiger partial charge in [-0.05, 0) is 23.6 Å². The van der Waals surface area contributed by atoms with Crippen molar-refractivity contribution in [2.45, 2.75) is 6.54 Å². The highest BCUT2D eigenvalue weighted by atomic mass is 32.2. The lowest BCUT2D eigenvalue weighted by Gasteiger charge is -2.13. The van der Waals surface area contributed by atoms with E-state index < -0.39 is 15.9 Å². The largest absolute Gasteiger partial charge is 0.350 e. The number of likely N-dealkylation sites (N-methyl/N-ethyl adjacent to an activating group) is 1. The minimum absolute atomic E-state index is 0.0364. The van der Waals surface area contributed by atoms with Crippen LogP contribution in [-0.2, 0) is 21.4 Å². The summed E-state index contributed by atoms with van der Waals surface area (Å²) in [6.07, 6.45) is 1.04. The van der Waals surface area contributed by atoms with Crippen LogP contribution in [0.25, 0.3) is 0 Å². The summed E-state index contributed by atoms with van der Waals surface area (Å²) in [6, 6.07) is 5.29. The van der Waals surface area contributed by atoms with E-state index in [-0.39, 0.29) is 18.9 Å².